The summed E-state index contributed by atoms with van der Waals surface area (Å²) in [6.45, 7) is 1.85. The number of benzene rings is 1. The van der Waals surface area contributed by atoms with Crippen LogP contribution in [0.1, 0.15) is 18.8 Å². The first-order valence-electron chi connectivity index (χ1n) is 5.88. The number of halogens is 1. The second-order valence-electron chi connectivity index (χ2n) is 4.34. The smallest absolute Gasteiger partial charge is 0.201 e. The highest BCUT2D eigenvalue weighted by Gasteiger charge is 2.13. The van der Waals surface area contributed by atoms with Crippen molar-refractivity contribution in [3.63, 3.8) is 0 Å². The fourth-order valence-electron chi connectivity index (χ4n) is 1.83. The third-order valence-electron chi connectivity index (χ3n) is 2.82. The van der Waals surface area contributed by atoms with Crippen molar-refractivity contribution >= 4 is 26.8 Å². The number of aromatic amines is 1. The van der Waals surface area contributed by atoms with E-state index < -0.39 is 0 Å². The second kappa shape index (κ2) is 4.71. The quantitative estimate of drug-likeness (QED) is 0.761. The van der Waals surface area contributed by atoms with Gasteiger partial charge in [-0.3, -0.25) is 5.10 Å². The summed E-state index contributed by atoms with van der Waals surface area (Å²) in [6.07, 6.45) is 0. The van der Waals surface area contributed by atoms with Gasteiger partial charge in [0.25, 0.3) is 0 Å². The molecule has 19 heavy (non-hydrogen) atoms. The van der Waals surface area contributed by atoms with E-state index in [1.165, 1.54) is 0 Å². The van der Waals surface area contributed by atoms with Crippen LogP contribution in [0.25, 0.3) is 22.4 Å². The lowest BCUT2D eigenvalue weighted by atomic mass is 10.2. The molecule has 3 aromatic rings. The first kappa shape index (κ1) is 12.3. The fourth-order valence-corrected chi connectivity index (χ4v) is 2.34. The highest BCUT2D eigenvalue weighted by molar-refractivity contribution is 9.10. The van der Waals surface area contributed by atoms with Gasteiger partial charge in [0.05, 0.1) is 11.6 Å². The zero-order chi connectivity index (χ0) is 13.4. The van der Waals surface area contributed by atoms with Crippen LogP contribution in [-0.2, 0) is 0 Å². The summed E-state index contributed by atoms with van der Waals surface area (Å²) < 4.78 is 0.862. The van der Waals surface area contributed by atoms with Crippen LogP contribution in [0.3, 0.4) is 0 Å². The molecule has 0 saturated carbocycles. The zero-order valence-corrected chi connectivity index (χ0v) is 11.8. The van der Waals surface area contributed by atoms with Crippen LogP contribution in [0.4, 0.5) is 0 Å². The van der Waals surface area contributed by atoms with Gasteiger partial charge in [0.1, 0.15) is 11.5 Å². The molecule has 2 heterocycles. The van der Waals surface area contributed by atoms with Crippen molar-refractivity contribution in [1.29, 1.82) is 0 Å². The van der Waals surface area contributed by atoms with Gasteiger partial charge in [-0.15, -0.1) is 0 Å². The summed E-state index contributed by atoms with van der Waals surface area (Å²) in [5.41, 5.74) is 7.39. The molecule has 1 aromatic carbocycles. The number of nitrogens with zero attached hydrogens (tertiary/aromatic N) is 3. The molecule has 3 rings (SSSR count). The Morgan fingerprint density at radius 3 is 2.79 bits per heavy atom. The third-order valence-corrected chi connectivity index (χ3v) is 3.43. The number of nitrogens with two attached hydrogens (primary N) is 1. The van der Waals surface area contributed by atoms with E-state index in [-0.39, 0.29) is 6.04 Å². The molecule has 0 aliphatic rings. The maximum atomic E-state index is 5.77. The molecule has 0 aliphatic carbocycles. The van der Waals surface area contributed by atoms with E-state index in [2.05, 4.69) is 36.1 Å². The van der Waals surface area contributed by atoms with Gasteiger partial charge in [-0.1, -0.05) is 18.2 Å². The van der Waals surface area contributed by atoms with Crippen LogP contribution < -0.4 is 5.73 Å². The van der Waals surface area contributed by atoms with Crippen LogP contribution in [0.5, 0.6) is 0 Å². The van der Waals surface area contributed by atoms with Crippen molar-refractivity contribution < 1.29 is 0 Å². The van der Waals surface area contributed by atoms with E-state index >= 15 is 0 Å². The molecule has 0 amide bonds. The second-order valence-corrected chi connectivity index (χ2v) is 5.20. The molecule has 5 nitrogen and oxygen atoms in total. The summed E-state index contributed by atoms with van der Waals surface area (Å²) in [4.78, 5) is 8.95. The average Bonchev–Trinajstić information content (AvgIpc) is 2.87. The summed E-state index contributed by atoms with van der Waals surface area (Å²) in [6, 6.07) is 9.75. The van der Waals surface area contributed by atoms with Crippen LogP contribution in [0, 0.1) is 0 Å². The van der Waals surface area contributed by atoms with E-state index in [9.17, 15) is 0 Å². The monoisotopic (exact) mass is 317 g/mol. The van der Waals surface area contributed by atoms with E-state index in [1.54, 1.807) is 0 Å². The minimum Gasteiger partial charge on any atom is -0.322 e. The lowest BCUT2D eigenvalue weighted by Gasteiger charge is -2.02. The number of rotatable bonds is 2. The molecule has 0 bridgehead atoms. The number of pyridine rings is 1. The van der Waals surface area contributed by atoms with Crippen molar-refractivity contribution in [3.8, 4) is 11.5 Å². The van der Waals surface area contributed by atoms with Gasteiger partial charge >= 0.3 is 0 Å². The molecule has 0 fully saturated rings. The van der Waals surface area contributed by atoms with Crippen molar-refractivity contribution in [2.75, 3.05) is 0 Å². The molecule has 96 valence electrons. The Balaban J connectivity index is 2.15. The van der Waals surface area contributed by atoms with Crippen molar-refractivity contribution in [2.45, 2.75) is 13.0 Å². The maximum Gasteiger partial charge on any atom is 0.201 e. The summed E-state index contributed by atoms with van der Waals surface area (Å²) in [7, 11) is 0. The van der Waals surface area contributed by atoms with Crippen LogP contribution in [-0.4, -0.2) is 20.2 Å². The number of H-pyrrole nitrogens is 1. The lowest BCUT2D eigenvalue weighted by molar-refractivity contribution is 0.745. The Morgan fingerprint density at radius 2 is 2.05 bits per heavy atom. The minimum absolute atomic E-state index is 0.180. The fraction of sp³-hybridized carbons (Fsp3) is 0.154. The van der Waals surface area contributed by atoms with Crippen molar-refractivity contribution in [2.24, 2.45) is 5.73 Å². The van der Waals surface area contributed by atoms with Gasteiger partial charge in [-0.05, 0) is 35.0 Å². The Kier molecular flexibility index (Phi) is 3.04. The average molecular weight is 318 g/mol. The molecular weight excluding hydrogens is 306 g/mol. The maximum absolute atomic E-state index is 5.77. The molecule has 0 radical (unpaired) electrons. The Bertz CT molecular complexity index is 735. The zero-order valence-electron chi connectivity index (χ0n) is 10.3. The van der Waals surface area contributed by atoms with Crippen molar-refractivity contribution in [3.05, 3.63) is 40.6 Å². The third kappa shape index (κ3) is 2.24. The van der Waals surface area contributed by atoms with Crippen molar-refractivity contribution in [1.82, 2.24) is 20.2 Å². The molecule has 0 aliphatic heterocycles. The lowest BCUT2D eigenvalue weighted by Crippen LogP contribution is -2.06. The van der Waals surface area contributed by atoms with Crippen LogP contribution >= 0.6 is 15.9 Å². The standard InChI is InChI=1S/C13H12BrN5/c1-7(15)12-17-13(19-18-12)11-9(14)6-8-4-2-3-5-10(8)16-11/h2-7H,15H2,1H3,(H,17,18,19). The molecule has 1 unspecified atom stereocenters. The van der Waals surface area contributed by atoms with E-state index in [4.69, 9.17) is 5.73 Å². The largest absolute Gasteiger partial charge is 0.322 e. The number of para-hydroxylation sites is 1. The topological polar surface area (TPSA) is 80.5 Å². The first-order chi connectivity index (χ1) is 9.15. The normalized spacial score (nSPS) is 12.8. The number of fused-ring (bicyclic) bond motifs is 1. The van der Waals surface area contributed by atoms with Gasteiger partial charge in [0, 0.05) is 9.86 Å². The SMILES string of the molecule is CC(N)c1nc(-c2nc3ccccc3cc2Br)n[nH]1. The predicted molar refractivity (Wildman–Crippen MR) is 77.4 cm³/mol. The van der Waals surface area contributed by atoms with Gasteiger partial charge in [0.15, 0.2) is 0 Å². The van der Waals surface area contributed by atoms with Crippen LogP contribution in [0.15, 0.2) is 34.8 Å². The summed E-state index contributed by atoms with van der Waals surface area (Å²) >= 11 is 3.51. The van der Waals surface area contributed by atoms with Gasteiger partial charge in [-0.2, -0.15) is 5.10 Å². The van der Waals surface area contributed by atoms with E-state index in [0.29, 0.717) is 17.3 Å². The number of hydrogen-bond acceptors (Lipinski definition) is 4. The van der Waals surface area contributed by atoms with Gasteiger partial charge < -0.3 is 5.73 Å². The van der Waals surface area contributed by atoms with Gasteiger partial charge in [-0.25, -0.2) is 9.97 Å². The number of nitrogens with one attached hydrogen (secondary N) is 1. The molecule has 0 spiro atoms. The van der Waals surface area contributed by atoms with Gasteiger partial charge in [0.2, 0.25) is 5.82 Å². The highest BCUT2D eigenvalue weighted by Crippen LogP contribution is 2.27. The van der Waals surface area contributed by atoms with Crippen LogP contribution in [0.2, 0.25) is 0 Å². The molecule has 3 N–H and O–H groups in total. The molecular formula is C13H12BrN5. The Hall–Kier alpha value is -1.79. The molecule has 0 saturated heterocycles. The molecule has 1 atom stereocenters. The minimum atomic E-state index is -0.180. The van der Waals surface area contributed by atoms with E-state index in [1.807, 2.05) is 37.3 Å². The molecule has 6 heteroatoms. The summed E-state index contributed by atoms with van der Waals surface area (Å²) in [5, 5.41) is 8.07. The van der Waals surface area contributed by atoms with E-state index in [0.717, 1.165) is 15.4 Å². The summed E-state index contributed by atoms with van der Waals surface area (Å²) in [5.74, 6) is 1.20. The first-order valence-corrected chi connectivity index (χ1v) is 6.68. The predicted octanol–water partition coefficient (Wildman–Crippen LogP) is 2.80. The number of hydrogen-bond donors (Lipinski definition) is 2. The highest BCUT2D eigenvalue weighted by atomic mass is 79.9. The Labute approximate surface area is 118 Å². The number of aromatic nitrogens is 4. The Morgan fingerprint density at radius 1 is 1.26 bits per heavy atom. The molecule has 2 aromatic heterocycles.